The van der Waals surface area contributed by atoms with Gasteiger partial charge in [0, 0.05) is 23.5 Å². The fraction of sp³-hybridized carbons (Fsp3) is 0.333. The third-order valence-electron chi connectivity index (χ3n) is 2.35. The van der Waals surface area contributed by atoms with E-state index in [1.165, 1.54) is 0 Å². The molecule has 1 aromatic heterocycles. The SMILES string of the molecule is CC(O)CCOc1cccc2[nH]ccc12. The summed E-state index contributed by atoms with van der Waals surface area (Å²) in [6, 6.07) is 7.90. The fourth-order valence-corrected chi connectivity index (χ4v) is 1.52. The lowest BCUT2D eigenvalue weighted by Gasteiger charge is -2.08. The van der Waals surface area contributed by atoms with E-state index in [2.05, 4.69) is 4.98 Å². The Balaban J connectivity index is 2.10. The molecule has 0 spiro atoms. The average molecular weight is 205 g/mol. The first-order valence-electron chi connectivity index (χ1n) is 5.14. The number of fused-ring (bicyclic) bond motifs is 1. The smallest absolute Gasteiger partial charge is 0.128 e. The molecular formula is C12H15NO2. The lowest BCUT2D eigenvalue weighted by atomic mass is 10.2. The quantitative estimate of drug-likeness (QED) is 0.804. The van der Waals surface area contributed by atoms with Crippen LogP contribution in [0.4, 0.5) is 0 Å². The highest BCUT2D eigenvalue weighted by Gasteiger charge is 2.02. The summed E-state index contributed by atoms with van der Waals surface area (Å²) < 4.78 is 5.61. The van der Waals surface area contributed by atoms with Crippen molar-refractivity contribution in [2.75, 3.05) is 6.61 Å². The van der Waals surface area contributed by atoms with Gasteiger partial charge in [0.05, 0.1) is 12.7 Å². The Bertz CT molecular complexity index is 434. The van der Waals surface area contributed by atoms with E-state index in [9.17, 15) is 0 Å². The van der Waals surface area contributed by atoms with E-state index in [1.54, 1.807) is 6.92 Å². The molecule has 0 saturated carbocycles. The van der Waals surface area contributed by atoms with Gasteiger partial charge in [-0.15, -0.1) is 0 Å². The van der Waals surface area contributed by atoms with Crippen LogP contribution in [0.25, 0.3) is 10.9 Å². The molecule has 2 N–H and O–H groups in total. The average Bonchev–Trinajstić information content (AvgIpc) is 2.65. The van der Waals surface area contributed by atoms with Crippen LogP contribution in [0.1, 0.15) is 13.3 Å². The molecule has 1 aromatic carbocycles. The van der Waals surface area contributed by atoms with Crippen molar-refractivity contribution < 1.29 is 9.84 Å². The van der Waals surface area contributed by atoms with Crippen LogP contribution in [-0.2, 0) is 0 Å². The highest BCUT2D eigenvalue weighted by molar-refractivity contribution is 5.85. The highest BCUT2D eigenvalue weighted by Crippen LogP contribution is 2.24. The maximum atomic E-state index is 9.12. The van der Waals surface area contributed by atoms with E-state index in [1.807, 2.05) is 30.5 Å². The summed E-state index contributed by atoms with van der Waals surface area (Å²) in [7, 11) is 0. The minimum absolute atomic E-state index is 0.310. The number of ether oxygens (including phenoxy) is 1. The molecule has 0 aliphatic carbocycles. The normalized spacial score (nSPS) is 12.9. The summed E-state index contributed by atoms with van der Waals surface area (Å²) >= 11 is 0. The molecule has 0 radical (unpaired) electrons. The predicted octanol–water partition coefficient (Wildman–Crippen LogP) is 2.32. The van der Waals surface area contributed by atoms with E-state index in [0.29, 0.717) is 13.0 Å². The van der Waals surface area contributed by atoms with E-state index < -0.39 is 0 Å². The van der Waals surface area contributed by atoms with Gasteiger partial charge in [-0.05, 0) is 25.1 Å². The summed E-state index contributed by atoms with van der Waals surface area (Å²) in [5.41, 5.74) is 1.07. The molecule has 15 heavy (non-hydrogen) atoms. The highest BCUT2D eigenvalue weighted by atomic mass is 16.5. The molecular weight excluding hydrogens is 190 g/mol. The summed E-state index contributed by atoms with van der Waals surface area (Å²) in [5.74, 6) is 0.870. The number of aromatic amines is 1. The number of aliphatic hydroxyl groups is 1. The first kappa shape index (κ1) is 10.1. The number of H-pyrrole nitrogens is 1. The first-order chi connectivity index (χ1) is 7.27. The minimum atomic E-state index is -0.310. The molecule has 80 valence electrons. The van der Waals surface area contributed by atoms with Gasteiger partial charge in [-0.25, -0.2) is 0 Å². The van der Waals surface area contributed by atoms with Crippen molar-refractivity contribution in [3.63, 3.8) is 0 Å². The van der Waals surface area contributed by atoms with Crippen LogP contribution in [0.15, 0.2) is 30.5 Å². The molecule has 1 heterocycles. The lowest BCUT2D eigenvalue weighted by molar-refractivity contribution is 0.156. The number of rotatable bonds is 4. The van der Waals surface area contributed by atoms with Crippen LogP contribution in [-0.4, -0.2) is 22.8 Å². The molecule has 0 amide bonds. The van der Waals surface area contributed by atoms with E-state index in [-0.39, 0.29) is 6.10 Å². The number of hydrogen-bond donors (Lipinski definition) is 2. The zero-order valence-electron chi connectivity index (χ0n) is 8.73. The van der Waals surface area contributed by atoms with Gasteiger partial charge in [-0.2, -0.15) is 0 Å². The minimum Gasteiger partial charge on any atom is -0.493 e. The topological polar surface area (TPSA) is 45.2 Å². The molecule has 3 nitrogen and oxygen atoms in total. The Morgan fingerprint density at radius 2 is 2.27 bits per heavy atom. The van der Waals surface area contributed by atoms with Crippen molar-refractivity contribution in [1.29, 1.82) is 0 Å². The summed E-state index contributed by atoms with van der Waals surface area (Å²) in [6.07, 6.45) is 2.24. The van der Waals surface area contributed by atoms with Crippen molar-refractivity contribution in [2.24, 2.45) is 0 Å². The second-order valence-corrected chi connectivity index (χ2v) is 3.68. The Kier molecular flexibility index (Phi) is 2.92. The maximum Gasteiger partial charge on any atom is 0.128 e. The molecule has 1 atom stereocenters. The molecule has 3 heteroatoms. The Morgan fingerprint density at radius 1 is 1.40 bits per heavy atom. The number of aliphatic hydroxyl groups excluding tert-OH is 1. The Morgan fingerprint density at radius 3 is 3.07 bits per heavy atom. The summed E-state index contributed by atoms with van der Waals surface area (Å²) in [6.45, 7) is 2.31. The molecule has 0 bridgehead atoms. The van der Waals surface area contributed by atoms with E-state index in [4.69, 9.17) is 9.84 Å². The third kappa shape index (κ3) is 2.30. The zero-order chi connectivity index (χ0) is 10.7. The largest absolute Gasteiger partial charge is 0.493 e. The fourth-order valence-electron chi connectivity index (χ4n) is 1.52. The molecule has 0 saturated heterocycles. The second kappa shape index (κ2) is 4.36. The van der Waals surface area contributed by atoms with Crippen LogP contribution in [0.3, 0.4) is 0 Å². The monoisotopic (exact) mass is 205 g/mol. The Labute approximate surface area is 88.7 Å². The van der Waals surface area contributed by atoms with E-state index in [0.717, 1.165) is 16.7 Å². The summed E-state index contributed by atoms with van der Waals surface area (Å²) in [5, 5.41) is 10.2. The van der Waals surface area contributed by atoms with Crippen molar-refractivity contribution in [3.8, 4) is 5.75 Å². The van der Waals surface area contributed by atoms with Gasteiger partial charge in [0.15, 0.2) is 0 Å². The van der Waals surface area contributed by atoms with Crippen LogP contribution < -0.4 is 4.74 Å². The van der Waals surface area contributed by atoms with Gasteiger partial charge in [-0.3, -0.25) is 0 Å². The third-order valence-corrected chi connectivity index (χ3v) is 2.35. The van der Waals surface area contributed by atoms with Crippen molar-refractivity contribution in [2.45, 2.75) is 19.4 Å². The van der Waals surface area contributed by atoms with Crippen LogP contribution in [0, 0.1) is 0 Å². The van der Waals surface area contributed by atoms with Crippen molar-refractivity contribution in [3.05, 3.63) is 30.5 Å². The van der Waals surface area contributed by atoms with Crippen molar-refractivity contribution >= 4 is 10.9 Å². The standard InChI is InChI=1S/C12H15NO2/c1-9(14)6-8-15-12-4-2-3-11-10(12)5-7-13-11/h2-5,7,9,13-14H,6,8H2,1H3. The zero-order valence-corrected chi connectivity index (χ0v) is 8.73. The van der Waals surface area contributed by atoms with Crippen LogP contribution in [0.5, 0.6) is 5.75 Å². The second-order valence-electron chi connectivity index (χ2n) is 3.68. The van der Waals surface area contributed by atoms with Gasteiger partial charge in [0.1, 0.15) is 5.75 Å². The molecule has 2 rings (SSSR count). The van der Waals surface area contributed by atoms with Gasteiger partial charge in [0.2, 0.25) is 0 Å². The van der Waals surface area contributed by atoms with E-state index >= 15 is 0 Å². The molecule has 0 aliphatic heterocycles. The Hall–Kier alpha value is -1.48. The number of aromatic nitrogens is 1. The first-order valence-corrected chi connectivity index (χ1v) is 5.14. The van der Waals surface area contributed by atoms with Gasteiger partial charge >= 0.3 is 0 Å². The lowest BCUT2D eigenvalue weighted by Crippen LogP contribution is -2.07. The van der Waals surface area contributed by atoms with Crippen LogP contribution in [0.2, 0.25) is 0 Å². The van der Waals surface area contributed by atoms with Gasteiger partial charge in [0.25, 0.3) is 0 Å². The number of benzene rings is 1. The molecule has 0 fully saturated rings. The maximum absolute atomic E-state index is 9.12. The number of hydrogen-bond acceptors (Lipinski definition) is 2. The molecule has 1 unspecified atom stereocenters. The number of nitrogens with one attached hydrogen (secondary N) is 1. The van der Waals surface area contributed by atoms with Gasteiger partial charge < -0.3 is 14.8 Å². The molecule has 2 aromatic rings. The molecule has 0 aliphatic rings. The van der Waals surface area contributed by atoms with Crippen LogP contribution >= 0.6 is 0 Å². The van der Waals surface area contributed by atoms with Crippen molar-refractivity contribution in [1.82, 2.24) is 4.98 Å². The van der Waals surface area contributed by atoms with Gasteiger partial charge in [-0.1, -0.05) is 6.07 Å². The summed E-state index contributed by atoms with van der Waals surface area (Å²) in [4.78, 5) is 3.13. The predicted molar refractivity (Wildman–Crippen MR) is 60.1 cm³/mol.